The Kier molecular flexibility index (Phi) is 8.85. The van der Waals surface area contributed by atoms with Crippen molar-refractivity contribution in [2.45, 2.75) is 52.4 Å². The number of carbonyl (C=O) groups is 1. The lowest BCUT2D eigenvalue weighted by Gasteiger charge is -2.07. The molecule has 0 spiro atoms. The van der Waals surface area contributed by atoms with E-state index < -0.39 is 16.1 Å². The Morgan fingerprint density at radius 1 is 1.00 bits per heavy atom. The van der Waals surface area contributed by atoms with Gasteiger partial charge in [0, 0.05) is 6.54 Å². The van der Waals surface area contributed by atoms with Crippen LogP contribution in [-0.4, -0.2) is 26.7 Å². The zero-order valence-corrected chi connectivity index (χ0v) is 11.6. The SMILES string of the molecule is CCCCCCCCS(=O)(=O)NC(=O)NCC. The van der Waals surface area contributed by atoms with Crippen LogP contribution in [0.2, 0.25) is 0 Å². The van der Waals surface area contributed by atoms with Crippen LogP contribution in [0.25, 0.3) is 0 Å². The van der Waals surface area contributed by atoms with Crippen LogP contribution in [0.3, 0.4) is 0 Å². The molecule has 0 aliphatic rings. The topological polar surface area (TPSA) is 75.3 Å². The molecule has 0 aromatic heterocycles. The number of sulfonamides is 1. The molecule has 0 radical (unpaired) electrons. The molecule has 2 N–H and O–H groups in total. The highest BCUT2D eigenvalue weighted by Crippen LogP contribution is 2.05. The van der Waals surface area contributed by atoms with Crippen molar-refractivity contribution in [3.8, 4) is 0 Å². The number of hydrogen-bond donors (Lipinski definition) is 2. The Labute approximate surface area is 104 Å². The van der Waals surface area contributed by atoms with Crippen molar-refractivity contribution < 1.29 is 13.2 Å². The molecule has 102 valence electrons. The zero-order valence-electron chi connectivity index (χ0n) is 10.8. The summed E-state index contributed by atoms with van der Waals surface area (Å²) in [7, 11) is -3.46. The van der Waals surface area contributed by atoms with Crippen LogP contribution >= 0.6 is 0 Å². The molecule has 0 bridgehead atoms. The van der Waals surface area contributed by atoms with E-state index in [1.54, 1.807) is 6.92 Å². The van der Waals surface area contributed by atoms with Gasteiger partial charge in [0.05, 0.1) is 5.75 Å². The molecule has 0 unspecified atom stereocenters. The van der Waals surface area contributed by atoms with Gasteiger partial charge in [0.2, 0.25) is 10.0 Å². The van der Waals surface area contributed by atoms with Crippen molar-refractivity contribution >= 4 is 16.1 Å². The Balaban J connectivity index is 3.68. The van der Waals surface area contributed by atoms with Gasteiger partial charge >= 0.3 is 6.03 Å². The Hall–Kier alpha value is -0.780. The zero-order chi connectivity index (χ0) is 13.1. The number of amides is 2. The molecular weight excluding hydrogens is 240 g/mol. The molecule has 0 saturated heterocycles. The lowest BCUT2D eigenvalue weighted by atomic mass is 10.1. The lowest BCUT2D eigenvalue weighted by Crippen LogP contribution is -2.40. The average Bonchev–Trinajstić information content (AvgIpc) is 2.22. The van der Waals surface area contributed by atoms with Crippen molar-refractivity contribution in [3.05, 3.63) is 0 Å². The minimum Gasteiger partial charge on any atom is -0.338 e. The second kappa shape index (κ2) is 9.27. The first kappa shape index (κ1) is 16.2. The molecule has 0 fully saturated rings. The van der Waals surface area contributed by atoms with E-state index in [-0.39, 0.29) is 5.75 Å². The average molecular weight is 264 g/mol. The number of rotatable bonds is 9. The maximum absolute atomic E-state index is 11.4. The standard InChI is InChI=1S/C11H24N2O3S/c1-3-5-6-7-8-9-10-17(15,16)13-11(14)12-4-2/h3-10H2,1-2H3,(H2,12,13,14). The van der Waals surface area contributed by atoms with Crippen LogP contribution in [0.4, 0.5) is 4.79 Å². The molecular formula is C11H24N2O3S. The fraction of sp³-hybridized carbons (Fsp3) is 0.909. The third-order valence-electron chi connectivity index (χ3n) is 2.35. The molecule has 6 heteroatoms. The Bertz CT molecular complexity index is 302. The van der Waals surface area contributed by atoms with Crippen molar-refractivity contribution in [2.75, 3.05) is 12.3 Å². The Morgan fingerprint density at radius 3 is 2.18 bits per heavy atom. The molecule has 0 aliphatic heterocycles. The van der Waals surface area contributed by atoms with Gasteiger partial charge in [-0.2, -0.15) is 0 Å². The second-order valence-electron chi connectivity index (χ2n) is 4.05. The predicted octanol–water partition coefficient (Wildman–Crippen LogP) is 2.00. The van der Waals surface area contributed by atoms with E-state index in [2.05, 4.69) is 12.2 Å². The maximum Gasteiger partial charge on any atom is 0.328 e. The summed E-state index contributed by atoms with van der Waals surface area (Å²) in [5, 5.41) is 2.39. The molecule has 5 nitrogen and oxygen atoms in total. The fourth-order valence-electron chi connectivity index (χ4n) is 1.46. The van der Waals surface area contributed by atoms with E-state index in [1.165, 1.54) is 12.8 Å². The van der Waals surface area contributed by atoms with E-state index in [9.17, 15) is 13.2 Å². The molecule has 0 rings (SSSR count). The van der Waals surface area contributed by atoms with Crippen LogP contribution in [0, 0.1) is 0 Å². The Morgan fingerprint density at radius 2 is 1.59 bits per heavy atom. The van der Waals surface area contributed by atoms with E-state index in [1.807, 2.05) is 4.72 Å². The third-order valence-corrected chi connectivity index (χ3v) is 3.67. The maximum atomic E-state index is 11.4. The van der Waals surface area contributed by atoms with Crippen LogP contribution < -0.4 is 10.0 Å². The molecule has 0 aromatic rings. The van der Waals surface area contributed by atoms with E-state index in [0.29, 0.717) is 13.0 Å². The molecule has 0 aromatic carbocycles. The van der Waals surface area contributed by atoms with Crippen molar-refractivity contribution in [3.63, 3.8) is 0 Å². The van der Waals surface area contributed by atoms with Gasteiger partial charge < -0.3 is 5.32 Å². The molecule has 0 atom stereocenters. The van der Waals surface area contributed by atoms with Crippen molar-refractivity contribution in [1.29, 1.82) is 0 Å². The van der Waals surface area contributed by atoms with Gasteiger partial charge in [-0.25, -0.2) is 17.9 Å². The molecule has 17 heavy (non-hydrogen) atoms. The van der Waals surface area contributed by atoms with Gasteiger partial charge in [-0.3, -0.25) is 0 Å². The van der Waals surface area contributed by atoms with Crippen LogP contribution in [0.1, 0.15) is 52.4 Å². The highest BCUT2D eigenvalue weighted by molar-refractivity contribution is 7.90. The summed E-state index contributed by atoms with van der Waals surface area (Å²) in [6.07, 6.45) is 6.10. The van der Waals surface area contributed by atoms with E-state index >= 15 is 0 Å². The summed E-state index contributed by atoms with van der Waals surface area (Å²) in [5.41, 5.74) is 0. The largest absolute Gasteiger partial charge is 0.338 e. The van der Waals surface area contributed by atoms with Gasteiger partial charge in [-0.05, 0) is 13.3 Å². The van der Waals surface area contributed by atoms with Crippen molar-refractivity contribution in [2.24, 2.45) is 0 Å². The molecule has 0 saturated carbocycles. The van der Waals surface area contributed by atoms with Crippen LogP contribution in [-0.2, 0) is 10.0 Å². The smallest absolute Gasteiger partial charge is 0.328 e. The summed E-state index contributed by atoms with van der Waals surface area (Å²) >= 11 is 0. The minimum absolute atomic E-state index is 0.0241. The van der Waals surface area contributed by atoms with Gasteiger partial charge in [0.25, 0.3) is 0 Å². The fourth-order valence-corrected chi connectivity index (χ4v) is 2.50. The van der Waals surface area contributed by atoms with Gasteiger partial charge in [-0.1, -0.05) is 39.0 Å². The first-order valence-corrected chi connectivity index (χ1v) is 7.95. The summed E-state index contributed by atoms with van der Waals surface area (Å²) in [6.45, 7) is 4.29. The number of unbranched alkanes of at least 4 members (excludes halogenated alkanes) is 5. The summed E-state index contributed by atoms with van der Waals surface area (Å²) < 4.78 is 24.8. The van der Waals surface area contributed by atoms with E-state index in [0.717, 1.165) is 19.3 Å². The first-order chi connectivity index (χ1) is 8.02. The number of hydrogen-bond acceptors (Lipinski definition) is 3. The van der Waals surface area contributed by atoms with Gasteiger partial charge in [0.1, 0.15) is 0 Å². The number of carbonyl (C=O) groups excluding carboxylic acids is 1. The third kappa shape index (κ3) is 10.1. The van der Waals surface area contributed by atoms with Gasteiger partial charge in [-0.15, -0.1) is 0 Å². The van der Waals surface area contributed by atoms with E-state index in [4.69, 9.17) is 0 Å². The monoisotopic (exact) mass is 264 g/mol. The van der Waals surface area contributed by atoms with Gasteiger partial charge in [0.15, 0.2) is 0 Å². The molecule has 0 aliphatic carbocycles. The minimum atomic E-state index is -3.46. The molecule has 0 heterocycles. The summed E-state index contributed by atoms with van der Waals surface area (Å²) in [6, 6.07) is -0.640. The number of nitrogens with one attached hydrogen (secondary N) is 2. The predicted molar refractivity (Wildman–Crippen MR) is 69.4 cm³/mol. The normalized spacial score (nSPS) is 11.2. The first-order valence-electron chi connectivity index (χ1n) is 6.30. The highest BCUT2D eigenvalue weighted by atomic mass is 32.2. The number of urea groups is 1. The lowest BCUT2D eigenvalue weighted by molar-refractivity contribution is 0.246. The highest BCUT2D eigenvalue weighted by Gasteiger charge is 2.12. The van der Waals surface area contributed by atoms with Crippen molar-refractivity contribution in [1.82, 2.24) is 10.0 Å². The second-order valence-corrected chi connectivity index (χ2v) is 5.89. The quantitative estimate of drug-likeness (QED) is 0.625. The summed E-state index contributed by atoms with van der Waals surface area (Å²) in [4.78, 5) is 11.0. The summed E-state index contributed by atoms with van der Waals surface area (Å²) in [5.74, 6) is 0.0241. The molecule has 2 amide bonds. The van der Waals surface area contributed by atoms with Crippen LogP contribution in [0.15, 0.2) is 0 Å². The van der Waals surface area contributed by atoms with Crippen LogP contribution in [0.5, 0.6) is 0 Å².